The van der Waals surface area contributed by atoms with Gasteiger partial charge in [0.2, 0.25) is 0 Å². The van der Waals surface area contributed by atoms with E-state index in [1.807, 2.05) is 18.2 Å². The van der Waals surface area contributed by atoms with Crippen molar-refractivity contribution in [3.63, 3.8) is 0 Å². The molecule has 2 nitrogen and oxygen atoms in total. The Morgan fingerprint density at radius 2 is 1.95 bits per heavy atom. The molecule has 3 heteroatoms. The summed E-state index contributed by atoms with van der Waals surface area (Å²) in [7, 11) is 0. The highest BCUT2D eigenvalue weighted by atomic mass is 32.1. The highest BCUT2D eigenvalue weighted by molar-refractivity contribution is 7.18. The van der Waals surface area contributed by atoms with E-state index >= 15 is 0 Å². The van der Waals surface area contributed by atoms with Gasteiger partial charge in [-0.05, 0) is 42.2 Å². The van der Waals surface area contributed by atoms with Crippen molar-refractivity contribution in [2.24, 2.45) is 0 Å². The van der Waals surface area contributed by atoms with Gasteiger partial charge in [0.1, 0.15) is 17.4 Å². The first-order valence-electron chi connectivity index (χ1n) is 7.21. The first-order valence-corrected chi connectivity index (χ1v) is 8.03. The molecule has 0 radical (unpaired) electrons. The van der Waals surface area contributed by atoms with Crippen LogP contribution >= 0.6 is 11.3 Å². The van der Waals surface area contributed by atoms with E-state index in [9.17, 15) is 0 Å². The van der Waals surface area contributed by atoms with Gasteiger partial charge in [-0.25, -0.2) is 4.98 Å². The average Bonchev–Trinajstić information content (AvgIpc) is 2.89. The zero-order valence-electron chi connectivity index (χ0n) is 12.6. The fraction of sp³-hybridized carbons (Fsp3) is 0.278. The first-order chi connectivity index (χ1) is 10.1. The van der Waals surface area contributed by atoms with Crippen molar-refractivity contribution >= 4 is 21.6 Å². The Morgan fingerprint density at radius 3 is 2.71 bits per heavy atom. The number of aryl methyl sites for hydroxylation is 1. The highest BCUT2D eigenvalue weighted by Gasteiger charge is 2.07. The maximum absolute atomic E-state index is 5.99. The van der Waals surface area contributed by atoms with E-state index in [-0.39, 0.29) is 0 Å². The van der Waals surface area contributed by atoms with Crippen LogP contribution in [-0.4, -0.2) is 4.98 Å². The number of nitrogens with zero attached hydrogens (tertiary/aromatic N) is 1. The van der Waals surface area contributed by atoms with Gasteiger partial charge in [-0.2, -0.15) is 0 Å². The van der Waals surface area contributed by atoms with Crippen LogP contribution in [0.5, 0.6) is 5.75 Å². The smallest absolute Gasteiger partial charge is 0.140 e. The third kappa shape index (κ3) is 3.08. The number of rotatable bonds is 4. The maximum atomic E-state index is 5.99. The minimum Gasteiger partial charge on any atom is -0.486 e. The van der Waals surface area contributed by atoms with E-state index in [4.69, 9.17) is 4.74 Å². The van der Waals surface area contributed by atoms with Crippen LogP contribution in [0.3, 0.4) is 0 Å². The van der Waals surface area contributed by atoms with Crippen LogP contribution in [0.25, 0.3) is 10.2 Å². The third-order valence-corrected chi connectivity index (χ3v) is 4.58. The lowest BCUT2D eigenvalue weighted by Crippen LogP contribution is -1.98. The largest absolute Gasteiger partial charge is 0.486 e. The maximum Gasteiger partial charge on any atom is 0.140 e. The summed E-state index contributed by atoms with van der Waals surface area (Å²) >= 11 is 1.70. The van der Waals surface area contributed by atoms with Crippen molar-refractivity contribution in [3.8, 4) is 5.75 Å². The molecule has 2 aromatic carbocycles. The highest BCUT2D eigenvalue weighted by Crippen LogP contribution is 2.27. The molecule has 0 aliphatic rings. The molecule has 0 aliphatic heterocycles. The van der Waals surface area contributed by atoms with Crippen LogP contribution in [0.2, 0.25) is 0 Å². The molecule has 1 aromatic heterocycles. The standard InChI is InChI=1S/C18H19NOS/c1-12(2)14-9-8-13(3)16(10-14)20-11-18-19-15-6-4-5-7-17(15)21-18/h4-10,12H,11H2,1-3H3. The van der Waals surface area contributed by atoms with E-state index in [2.05, 4.69) is 50.0 Å². The lowest BCUT2D eigenvalue weighted by atomic mass is 10.0. The summed E-state index contributed by atoms with van der Waals surface area (Å²) < 4.78 is 7.20. The Labute approximate surface area is 129 Å². The summed E-state index contributed by atoms with van der Waals surface area (Å²) in [5, 5.41) is 1.02. The summed E-state index contributed by atoms with van der Waals surface area (Å²) in [5.41, 5.74) is 3.52. The Morgan fingerprint density at radius 1 is 1.14 bits per heavy atom. The molecule has 0 saturated heterocycles. The van der Waals surface area contributed by atoms with Gasteiger partial charge in [0, 0.05) is 0 Å². The zero-order chi connectivity index (χ0) is 14.8. The van der Waals surface area contributed by atoms with Crippen molar-refractivity contribution in [2.45, 2.75) is 33.3 Å². The number of fused-ring (bicyclic) bond motifs is 1. The average molecular weight is 297 g/mol. The molecule has 3 rings (SSSR count). The van der Waals surface area contributed by atoms with Gasteiger partial charge in [-0.3, -0.25) is 0 Å². The molecule has 0 aliphatic carbocycles. The lowest BCUT2D eigenvalue weighted by molar-refractivity contribution is 0.303. The summed E-state index contributed by atoms with van der Waals surface area (Å²) in [6, 6.07) is 14.6. The fourth-order valence-electron chi connectivity index (χ4n) is 2.25. The predicted octanol–water partition coefficient (Wildman–Crippen LogP) is 5.31. The molecule has 0 unspecified atom stereocenters. The quantitative estimate of drug-likeness (QED) is 0.651. The molecule has 0 amide bonds. The monoisotopic (exact) mass is 297 g/mol. The third-order valence-electron chi connectivity index (χ3n) is 3.57. The minimum atomic E-state index is 0.510. The van der Waals surface area contributed by atoms with E-state index in [1.54, 1.807) is 11.3 Å². The molecule has 0 fully saturated rings. The summed E-state index contributed by atoms with van der Waals surface area (Å²) in [6.07, 6.45) is 0. The van der Waals surface area contributed by atoms with Crippen LogP contribution < -0.4 is 4.74 Å². The molecule has 0 bridgehead atoms. The Balaban J connectivity index is 1.79. The van der Waals surface area contributed by atoms with Crippen LogP contribution in [0, 0.1) is 6.92 Å². The summed E-state index contributed by atoms with van der Waals surface area (Å²) in [6.45, 7) is 7.00. The minimum absolute atomic E-state index is 0.510. The molecule has 1 heterocycles. The van der Waals surface area contributed by atoms with Crippen molar-refractivity contribution in [1.29, 1.82) is 0 Å². The second-order valence-electron chi connectivity index (χ2n) is 5.54. The van der Waals surface area contributed by atoms with Crippen molar-refractivity contribution in [3.05, 3.63) is 58.6 Å². The van der Waals surface area contributed by atoms with Crippen LogP contribution in [-0.2, 0) is 6.61 Å². The van der Waals surface area contributed by atoms with Gasteiger partial charge < -0.3 is 4.74 Å². The molecule has 0 spiro atoms. The van der Waals surface area contributed by atoms with E-state index < -0.39 is 0 Å². The number of hydrogen-bond donors (Lipinski definition) is 0. The van der Waals surface area contributed by atoms with Crippen LogP contribution in [0.4, 0.5) is 0 Å². The molecule has 0 N–H and O–H groups in total. The SMILES string of the molecule is Cc1ccc(C(C)C)cc1OCc1nc2ccccc2s1. The zero-order valence-corrected chi connectivity index (χ0v) is 13.4. The first kappa shape index (κ1) is 14.1. The van der Waals surface area contributed by atoms with E-state index in [0.717, 1.165) is 16.3 Å². The second kappa shape index (κ2) is 5.86. The lowest BCUT2D eigenvalue weighted by Gasteiger charge is -2.11. The molecule has 3 aromatic rings. The Hall–Kier alpha value is -1.87. The number of benzene rings is 2. The normalized spacial score (nSPS) is 11.2. The predicted molar refractivity (Wildman–Crippen MR) is 89.2 cm³/mol. The number of aromatic nitrogens is 1. The van der Waals surface area contributed by atoms with Crippen molar-refractivity contribution in [2.75, 3.05) is 0 Å². The van der Waals surface area contributed by atoms with Gasteiger partial charge in [0.15, 0.2) is 0 Å². The molecule has 0 atom stereocenters. The number of para-hydroxylation sites is 1. The van der Waals surface area contributed by atoms with Crippen molar-refractivity contribution in [1.82, 2.24) is 4.98 Å². The van der Waals surface area contributed by atoms with Gasteiger partial charge >= 0.3 is 0 Å². The van der Waals surface area contributed by atoms with Crippen molar-refractivity contribution < 1.29 is 4.74 Å². The number of ether oxygens (including phenoxy) is 1. The summed E-state index contributed by atoms with van der Waals surface area (Å²) in [4.78, 5) is 4.61. The molecular formula is C18H19NOS. The number of hydrogen-bond acceptors (Lipinski definition) is 3. The Kier molecular flexibility index (Phi) is 3.93. The van der Waals surface area contributed by atoms with Gasteiger partial charge in [-0.15, -0.1) is 11.3 Å². The number of thiazole rings is 1. The molecular weight excluding hydrogens is 278 g/mol. The van der Waals surface area contributed by atoms with Gasteiger partial charge in [-0.1, -0.05) is 38.1 Å². The van der Waals surface area contributed by atoms with Gasteiger partial charge in [0.25, 0.3) is 0 Å². The van der Waals surface area contributed by atoms with Gasteiger partial charge in [0.05, 0.1) is 10.2 Å². The summed E-state index contributed by atoms with van der Waals surface area (Å²) in [5.74, 6) is 1.47. The molecule has 108 valence electrons. The van der Waals surface area contributed by atoms with Crippen LogP contribution in [0.1, 0.15) is 35.9 Å². The van der Waals surface area contributed by atoms with Crippen LogP contribution in [0.15, 0.2) is 42.5 Å². The second-order valence-corrected chi connectivity index (χ2v) is 6.66. The Bertz CT molecular complexity index is 728. The molecule has 0 saturated carbocycles. The van der Waals surface area contributed by atoms with E-state index in [1.165, 1.54) is 15.8 Å². The topological polar surface area (TPSA) is 22.1 Å². The van der Waals surface area contributed by atoms with E-state index in [0.29, 0.717) is 12.5 Å². The molecule has 21 heavy (non-hydrogen) atoms. The fourth-order valence-corrected chi connectivity index (χ4v) is 3.13.